The minimum atomic E-state index is -0.0884. The highest BCUT2D eigenvalue weighted by atomic mass is 16.2. The number of urea groups is 1. The summed E-state index contributed by atoms with van der Waals surface area (Å²) in [6, 6.07) is 10.4. The summed E-state index contributed by atoms with van der Waals surface area (Å²) in [5.74, 6) is 0. The first kappa shape index (κ1) is 17.1. The van der Waals surface area contributed by atoms with Crippen molar-refractivity contribution in [1.29, 1.82) is 0 Å². The average Bonchev–Trinajstić information content (AvgIpc) is 2.96. The molecule has 0 saturated heterocycles. The van der Waals surface area contributed by atoms with Crippen LogP contribution in [0.5, 0.6) is 0 Å². The van der Waals surface area contributed by atoms with Gasteiger partial charge in [0.05, 0.1) is 6.20 Å². The summed E-state index contributed by atoms with van der Waals surface area (Å²) in [7, 11) is 0. The van der Waals surface area contributed by atoms with Crippen molar-refractivity contribution in [2.24, 2.45) is 0 Å². The van der Waals surface area contributed by atoms with Crippen molar-refractivity contribution < 1.29 is 4.79 Å². The standard InChI is InChI=1S/C18H26N4O/c1-14(10-11-16-7-4-3-5-8-16)21-18(23)19-12-6-9-17-13-20-22-15(17)2/h3-5,7-8,13-14H,6,9-12H2,1-2H3,(H,20,22)(H2,19,21,23)/t14-/m1/s1. The molecule has 2 rings (SSSR count). The fourth-order valence-corrected chi connectivity index (χ4v) is 2.48. The molecule has 0 aliphatic carbocycles. The van der Waals surface area contributed by atoms with Crippen LogP contribution in [0.25, 0.3) is 0 Å². The van der Waals surface area contributed by atoms with Gasteiger partial charge >= 0.3 is 6.03 Å². The van der Waals surface area contributed by atoms with Crippen molar-refractivity contribution in [1.82, 2.24) is 20.8 Å². The number of aromatic nitrogens is 2. The second kappa shape index (κ2) is 8.98. The Balaban J connectivity index is 1.58. The molecule has 0 saturated carbocycles. The molecule has 3 N–H and O–H groups in total. The van der Waals surface area contributed by atoms with Gasteiger partial charge in [0.2, 0.25) is 0 Å². The molecular formula is C18H26N4O. The Bertz CT molecular complexity index is 594. The van der Waals surface area contributed by atoms with E-state index in [1.807, 2.05) is 38.2 Å². The molecule has 1 aromatic carbocycles. The molecule has 2 aromatic rings. The van der Waals surface area contributed by atoms with Crippen LogP contribution in [0.1, 0.15) is 36.6 Å². The molecule has 1 atom stereocenters. The third-order valence-corrected chi connectivity index (χ3v) is 3.93. The Hall–Kier alpha value is -2.30. The molecule has 0 radical (unpaired) electrons. The second-order valence-electron chi connectivity index (χ2n) is 5.95. The smallest absolute Gasteiger partial charge is 0.314 e. The maximum atomic E-state index is 11.9. The monoisotopic (exact) mass is 314 g/mol. The van der Waals surface area contributed by atoms with Gasteiger partial charge in [0.15, 0.2) is 0 Å². The first-order valence-corrected chi connectivity index (χ1v) is 8.22. The maximum Gasteiger partial charge on any atom is 0.314 e. The molecule has 124 valence electrons. The van der Waals surface area contributed by atoms with E-state index in [2.05, 4.69) is 33.0 Å². The summed E-state index contributed by atoms with van der Waals surface area (Å²) >= 11 is 0. The molecule has 0 aliphatic rings. The van der Waals surface area contributed by atoms with Gasteiger partial charge in [-0.1, -0.05) is 30.3 Å². The van der Waals surface area contributed by atoms with E-state index in [1.54, 1.807) is 0 Å². The number of nitrogens with zero attached hydrogens (tertiary/aromatic N) is 1. The minimum Gasteiger partial charge on any atom is -0.338 e. The fraction of sp³-hybridized carbons (Fsp3) is 0.444. The third kappa shape index (κ3) is 6.14. The van der Waals surface area contributed by atoms with Crippen molar-refractivity contribution in [2.45, 2.75) is 45.6 Å². The van der Waals surface area contributed by atoms with Crippen LogP contribution in [0, 0.1) is 6.92 Å². The molecule has 5 nitrogen and oxygen atoms in total. The summed E-state index contributed by atoms with van der Waals surface area (Å²) in [5, 5.41) is 12.8. The van der Waals surface area contributed by atoms with Gasteiger partial charge in [0.25, 0.3) is 0 Å². The first-order chi connectivity index (χ1) is 11.1. The van der Waals surface area contributed by atoms with Crippen LogP contribution in [0.4, 0.5) is 4.79 Å². The molecule has 0 bridgehead atoms. The zero-order valence-corrected chi connectivity index (χ0v) is 13.9. The lowest BCUT2D eigenvalue weighted by Crippen LogP contribution is -2.41. The van der Waals surface area contributed by atoms with Crippen LogP contribution < -0.4 is 10.6 Å². The number of H-pyrrole nitrogens is 1. The van der Waals surface area contributed by atoms with E-state index in [4.69, 9.17) is 0 Å². The van der Waals surface area contributed by atoms with E-state index in [-0.39, 0.29) is 12.1 Å². The van der Waals surface area contributed by atoms with Gasteiger partial charge in [-0.15, -0.1) is 0 Å². The minimum absolute atomic E-state index is 0.0884. The topological polar surface area (TPSA) is 69.8 Å². The molecule has 23 heavy (non-hydrogen) atoms. The van der Waals surface area contributed by atoms with E-state index < -0.39 is 0 Å². The summed E-state index contributed by atoms with van der Waals surface area (Å²) in [5.41, 5.74) is 3.62. The van der Waals surface area contributed by atoms with Gasteiger partial charge in [0, 0.05) is 18.3 Å². The number of carbonyl (C=O) groups is 1. The molecule has 0 spiro atoms. The molecular weight excluding hydrogens is 288 g/mol. The number of amides is 2. The van der Waals surface area contributed by atoms with Crippen LogP contribution in [0.15, 0.2) is 36.5 Å². The van der Waals surface area contributed by atoms with Crippen molar-refractivity contribution >= 4 is 6.03 Å². The molecule has 0 fully saturated rings. The number of carbonyl (C=O) groups excluding carboxylic acids is 1. The Kier molecular flexibility index (Phi) is 6.66. The van der Waals surface area contributed by atoms with Crippen LogP contribution in [0.2, 0.25) is 0 Å². The summed E-state index contributed by atoms with van der Waals surface area (Å²) in [4.78, 5) is 11.9. The number of benzene rings is 1. The molecule has 1 heterocycles. The Morgan fingerprint density at radius 2 is 2.04 bits per heavy atom. The van der Waals surface area contributed by atoms with E-state index >= 15 is 0 Å². The van der Waals surface area contributed by atoms with Gasteiger partial charge < -0.3 is 10.6 Å². The molecule has 0 unspecified atom stereocenters. The van der Waals surface area contributed by atoms with Crippen molar-refractivity contribution in [3.63, 3.8) is 0 Å². The van der Waals surface area contributed by atoms with Crippen LogP contribution in [0.3, 0.4) is 0 Å². The summed E-state index contributed by atoms with van der Waals surface area (Å²) in [6.45, 7) is 4.72. The van der Waals surface area contributed by atoms with Gasteiger partial charge in [-0.25, -0.2) is 4.79 Å². The van der Waals surface area contributed by atoms with E-state index in [0.29, 0.717) is 6.54 Å². The van der Waals surface area contributed by atoms with Gasteiger partial charge in [-0.2, -0.15) is 5.10 Å². The van der Waals surface area contributed by atoms with E-state index in [1.165, 1.54) is 11.1 Å². The Morgan fingerprint density at radius 1 is 1.26 bits per heavy atom. The lowest BCUT2D eigenvalue weighted by atomic mass is 10.1. The van der Waals surface area contributed by atoms with Crippen LogP contribution in [-0.2, 0) is 12.8 Å². The number of hydrogen-bond acceptors (Lipinski definition) is 2. The quantitative estimate of drug-likeness (QED) is 0.656. The first-order valence-electron chi connectivity index (χ1n) is 8.22. The van der Waals surface area contributed by atoms with Gasteiger partial charge in [-0.05, 0) is 50.7 Å². The predicted molar refractivity (Wildman–Crippen MR) is 92.4 cm³/mol. The zero-order valence-electron chi connectivity index (χ0n) is 13.9. The lowest BCUT2D eigenvalue weighted by molar-refractivity contribution is 0.237. The fourth-order valence-electron chi connectivity index (χ4n) is 2.48. The third-order valence-electron chi connectivity index (χ3n) is 3.93. The predicted octanol–water partition coefficient (Wildman–Crippen LogP) is 2.97. The van der Waals surface area contributed by atoms with Crippen molar-refractivity contribution in [3.8, 4) is 0 Å². The van der Waals surface area contributed by atoms with Crippen molar-refractivity contribution in [2.75, 3.05) is 6.54 Å². The highest BCUT2D eigenvalue weighted by Gasteiger charge is 2.07. The SMILES string of the molecule is Cc1[nH]ncc1CCCNC(=O)N[C@H](C)CCc1ccccc1. The van der Waals surface area contributed by atoms with Gasteiger partial charge in [-0.3, -0.25) is 5.10 Å². The zero-order chi connectivity index (χ0) is 16.5. The molecule has 0 aliphatic heterocycles. The number of aryl methyl sites for hydroxylation is 3. The van der Waals surface area contributed by atoms with Crippen LogP contribution >= 0.6 is 0 Å². The maximum absolute atomic E-state index is 11.9. The van der Waals surface area contributed by atoms with E-state index in [0.717, 1.165) is 31.4 Å². The lowest BCUT2D eigenvalue weighted by Gasteiger charge is -2.14. The number of aromatic amines is 1. The molecule has 1 aromatic heterocycles. The number of rotatable bonds is 8. The Labute approximate surface area is 137 Å². The normalized spacial score (nSPS) is 11.9. The largest absolute Gasteiger partial charge is 0.338 e. The highest BCUT2D eigenvalue weighted by molar-refractivity contribution is 5.74. The summed E-state index contributed by atoms with van der Waals surface area (Å²) < 4.78 is 0. The number of hydrogen-bond donors (Lipinski definition) is 3. The van der Waals surface area contributed by atoms with Gasteiger partial charge in [0.1, 0.15) is 0 Å². The second-order valence-corrected chi connectivity index (χ2v) is 5.95. The van der Waals surface area contributed by atoms with E-state index in [9.17, 15) is 4.79 Å². The number of nitrogens with one attached hydrogen (secondary N) is 3. The Morgan fingerprint density at radius 3 is 2.74 bits per heavy atom. The molecule has 2 amide bonds. The highest BCUT2D eigenvalue weighted by Crippen LogP contribution is 2.06. The van der Waals surface area contributed by atoms with Crippen molar-refractivity contribution in [3.05, 3.63) is 53.3 Å². The average molecular weight is 314 g/mol. The molecule has 5 heteroatoms. The summed E-state index contributed by atoms with van der Waals surface area (Å²) in [6.07, 6.45) is 5.59. The van der Waals surface area contributed by atoms with Crippen LogP contribution in [-0.4, -0.2) is 28.8 Å².